The van der Waals surface area contributed by atoms with Crippen molar-refractivity contribution >= 4 is 17.6 Å². The van der Waals surface area contributed by atoms with Crippen LogP contribution in [0.4, 0.5) is 18.9 Å². The zero-order valence-electron chi connectivity index (χ0n) is 14.5. The zero-order valence-corrected chi connectivity index (χ0v) is 14.5. The van der Waals surface area contributed by atoms with Crippen LogP contribution in [0.5, 0.6) is 0 Å². The molecule has 0 aliphatic carbocycles. The number of hydrogen-bond acceptors (Lipinski definition) is 5. The number of nitrogens with zero attached hydrogens (tertiary/aromatic N) is 1. The summed E-state index contributed by atoms with van der Waals surface area (Å²) in [6, 6.07) is 7.95. The van der Waals surface area contributed by atoms with E-state index < -0.39 is 34.6 Å². The molecule has 0 aliphatic rings. The van der Waals surface area contributed by atoms with Gasteiger partial charge in [0, 0.05) is 23.6 Å². The Kier molecular flexibility index (Phi) is 6.34. The second-order valence-corrected chi connectivity index (χ2v) is 5.72. The number of nitrogens with one attached hydrogen (secondary N) is 1. The maximum Gasteiger partial charge on any atom is 0.416 e. The first-order valence-corrected chi connectivity index (χ1v) is 7.91. The molecular weight excluding hydrogens is 381 g/mol. The van der Waals surface area contributed by atoms with Crippen LogP contribution in [0.25, 0.3) is 0 Å². The first-order valence-electron chi connectivity index (χ1n) is 7.91. The summed E-state index contributed by atoms with van der Waals surface area (Å²) in [6.45, 7) is 0. The molecule has 148 valence electrons. The number of para-hydroxylation sites is 1. The van der Waals surface area contributed by atoms with Crippen molar-refractivity contribution in [2.45, 2.75) is 18.6 Å². The van der Waals surface area contributed by atoms with Crippen LogP contribution in [-0.4, -0.2) is 30.0 Å². The van der Waals surface area contributed by atoms with Gasteiger partial charge in [0.25, 0.3) is 11.6 Å². The highest BCUT2D eigenvalue weighted by Gasteiger charge is 2.31. The Morgan fingerprint density at radius 2 is 1.86 bits per heavy atom. The summed E-state index contributed by atoms with van der Waals surface area (Å²) in [5.74, 6) is -1.83. The summed E-state index contributed by atoms with van der Waals surface area (Å²) in [4.78, 5) is 34.8. The van der Waals surface area contributed by atoms with Crippen molar-refractivity contribution in [3.63, 3.8) is 0 Å². The molecule has 0 radical (unpaired) electrons. The van der Waals surface area contributed by atoms with Gasteiger partial charge >= 0.3 is 12.1 Å². The molecule has 0 aliphatic heterocycles. The molecule has 0 saturated heterocycles. The standard InChI is InChI=1S/C18H15F3N2O5/c1-28-17(25)14(10-11-5-2-3-8-15(11)23(26)27)22-16(24)12-6-4-7-13(9-12)18(19,20)21/h2-9,14H,10H2,1H3,(H,22,24)/t14-/m1/s1. The minimum Gasteiger partial charge on any atom is -0.467 e. The van der Waals surface area contributed by atoms with Gasteiger partial charge in [-0.15, -0.1) is 0 Å². The molecule has 1 amide bonds. The van der Waals surface area contributed by atoms with Crippen molar-refractivity contribution < 1.29 is 32.4 Å². The van der Waals surface area contributed by atoms with E-state index in [1.807, 2.05) is 0 Å². The van der Waals surface area contributed by atoms with Gasteiger partial charge < -0.3 is 10.1 Å². The molecule has 7 nitrogen and oxygen atoms in total. The van der Waals surface area contributed by atoms with Crippen molar-refractivity contribution in [1.29, 1.82) is 0 Å². The monoisotopic (exact) mass is 396 g/mol. The van der Waals surface area contributed by atoms with Gasteiger partial charge in [0.05, 0.1) is 17.6 Å². The van der Waals surface area contributed by atoms with Crippen LogP contribution < -0.4 is 5.32 Å². The average molecular weight is 396 g/mol. The Bertz CT molecular complexity index is 899. The van der Waals surface area contributed by atoms with Crippen LogP contribution in [0.3, 0.4) is 0 Å². The fraction of sp³-hybridized carbons (Fsp3) is 0.222. The van der Waals surface area contributed by atoms with Gasteiger partial charge in [0.15, 0.2) is 0 Å². The second kappa shape index (κ2) is 8.51. The fourth-order valence-electron chi connectivity index (χ4n) is 2.50. The minimum absolute atomic E-state index is 0.159. The summed E-state index contributed by atoms with van der Waals surface area (Å²) in [5.41, 5.74) is -1.43. The van der Waals surface area contributed by atoms with E-state index in [1.54, 1.807) is 0 Å². The number of amides is 1. The smallest absolute Gasteiger partial charge is 0.416 e. The number of rotatable bonds is 6. The molecule has 0 unspecified atom stereocenters. The number of methoxy groups -OCH3 is 1. The summed E-state index contributed by atoms with van der Waals surface area (Å²) >= 11 is 0. The van der Waals surface area contributed by atoms with E-state index >= 15 is 0 Å². The van der Waals surface area contributed by atoms with Gasteiger partial charge in [-0.2, -0.15) is 13.2 Å². The molecule has 0 heterocycles. The SMILES string of the molecule is COC(=O)[C@@H](Cc1ccccc1[N+](=O)[O-])NC(=O)c1cccc(C(F)(F)F)c1. The third kappa shape index (κ3) is 5.06. The van der Waals surface area contributed by atoms with Gasteiger partial charge in [-0.05, 0) is 18.2 Å². The highest BCUT2D eigenvalue weighted by atomic mass is 19.4. The number of ether oxygens (including phenoxy) is 1. The topological polar surface area (TPSA) is 98.5 Å². The highest BCUT2D eigenvalue weighted by Crippen LogP contribution is 2.29. The maximum atomic E-state index is 12.8. The number of alkyl halides is 3. The number of carbonyl (C=O) groups is 2. The lowest BCUT2D eigenvalue weighted by Gasteiger charge is -2.17. The predicted molar refractivity (Wildman–Crippen MR) is 91.5 cm³/mol. The Labute approximate surface area is 157 Å². The molecule has 0 saturated carbocycles. The van der Waals surface area contributed by atoms with E-state index in [4.69, 9.17) is 0 Å². The Hall–Kier alpha value is -3.43. The van der Waals surface area contributed by atoms with Crippen molar-refractivity contribution in [2.24, 2.45) is 0 Å². The van der Waals surface area contributed by atoms with Gasteiger partial charge in [-0.25, -0.2) is 4.79 Å². The van der Waals surface area contributed by atoms with Gasteiger partial charge in [0.1, 0.15) is 6.04 Å². The van der Waals surface area contributed by atoms with Gasteiger partial charge in [-0.3, -0.25) is 14.9 Å². The molecule has 0 bridgehead atoms. The first kappa shape index (κ1) is 20.9. The molecule has 0 spiro atoms. The van der Waals surface area contributed by atoms with Crippen LogP contribution in [0.15, 0.2) is 48.5 Å². The quantitative estimate of drug-likeness (QED) is 0.460. The van der Waals surface area contributed by atoms with Crippen molar-refractivity contribution in [2.75, 3.05) is 7.11 Å². The number of carbonyl (C=O) groups excluding carboxylic acids is 2. The molecule has 1 atom stereocenters. The van der Waals surface area contributed by atoms with Crippen molar-refractivity contribution in [3.05, 3.63) is 75.3 Å². The minimum atomic E-state index is -4.64. The number of benzene rings is 2. The Morgan fingerprint density at radius 1 is 1.18 bits per heavy atom. The summed E-state index contributed by atoms with van der Waals surface area (Å²) in [5, 5.41) is 13.4. The molecule has 10 heteroatoms. The molecule has 28 heavy (non-hydrogen) atoms. The van der Waals surface area contributed by atoms with Gasteiger partial charge in [-0.1, -0.05) is 24.3 Å². The highest BCUT2D eigenvalue weighted by molar-refractivity contribution is 5.97. The van der Waals surface area contributed by atoms with Crippen molar-refractivity contribution in [1.82, 2.24) is 5.32 Å². The van der Waals surface area contributed by atoms with Crippen LogP contribution in [0.1, 0.15) is 21.5 Å². The second-order valence-electron chi connectivity index (χ2n) is 5.72. The molecule has 2 aromatic carbocycles. The fourth-order valence-corrected chi connectivity index (χ4v) is 2.50. The van der Waals surface area contributed by atoms with Gasteiger partial charge in [0.2, 0.25) is 0 Å². The number of nitro benzene ring substituents is 1. The lowest BCUT2D eigenvalue weighted by molar-refractivity contribution is -0.385. The van der Waals surface area contributed by atoms with E-state index in [0.29, 0.717) is 6.07 Å². The molecule has 0 fully saturated rings. The Morgan fingerprint density at radius 3 is 2.46 bits per heavy atom. The van der Waals surface area contributed by atoms with E-state index in [9.17, 15) is 32.9 Å². The summed E-state index contributed by atoms with van der Waals surface area (Å²) < 4.78 is 43.0. The molecule has 2 rings (SSSR count). The number of esters is 1. The van der Waals surface area contributed by atoms with E-state index in [1.165, 1.54) is 24.3 Å². The van der Waals surface area contributed by atoms with Crippen LogP contribution >= 0.6 is 0 Å². The molecule has 2 aromatic rings. The lowest BCUT2D eigenvalue weighted by atomic mass is 10.0. The number of hydrogen-bond donors (Lipinski definition) is 1. The molecule has 0 aromatic heterocycles. The Balaban J connectivity index is 2.27. The molecule has 1 N–H and O–H groups in total. The first-order chi connectivity index (χ1) is 13.1. The van der Waals surface area contributed by atoms with Crippen LogP contribution in [0.2, 0.25) is 0 Å². The molecular formula is C18H15F3N2O5. The van der Waals surface area contributed by atoms with E-state index in [-0.39, 0.29) is 23.2 Å². The van der Waals surface area contributed by atoms with Crippen LogP contribution in [0, 0.1) is 10.1 Å². The predicted octanol–water partition coefficient (Wildman–Crippen LogP) is 3.13. The largest absolute Gasteiger partial charge is 0.467 e. The zero-order chi connectivity index (χ0) is 20.9. The normalized spacial score (nSPS) is 12.1. The number of nitro groups is 1. The van der Waals surface area contributed by atoms with E-state index in [0.717, 1.165) is 25.3 Å². The van der Waals surface area contributed by atoms with Crippen molar-refractivity contribution in [3.8, 4) is 0 Å². The third-order valence-electron chi connectivity index (χ3n) is 3.86. The summed E-state index contributed by atoms with van der Waals surface area (Å²) in [6.07, 6.45) is -4.91. The maximum absolute atomic E-state index is 12.8. The number of halogens is 3. The lowest BCUT2D eigenvalue weighted by Crippen LogP contribution is -2.43. The van der Waals surface area contributed by atoms with E-state index in [2.05, 4.69) is 10.1 Å². The average Bonchev–Trinajstić information content (AvgIpc) is 2.66. The van der Waals surface area contributed by atoms with Crippen LogP contribution in [-0.2, 0) is 22.1 Å². The third-order valence-corrected chi connectivity index (χ3v) is 3.86. The summed E-state index contributed by atoms with van der Waals surface area (Å²) in [7, 11) is 1.06.